The zero-order valence-corrected chi connectivity index (χ0v) is 12.3. The smallest absolute Gasteiger partial charge is 0.0842 e. The Morgan fingerprint density at radius 1 is 1.16 bits per heavy atom. The van der Waals surface area contributed by atoms with E-state index in [1.165, 1.54) is 38.5 Å². The zero-order valence-electron chi connectivity index (χ0n) is 11.4. The number of hydrogen-bond acceptors (Lipinski definition) is 4. The third-order valence-electron chi connectivity index (χ3n) is 5.34. The van der Waals surface area contributed by atoms with Crippen molar-refractivity contribution in [2.45, 2.75) is 44.9 Å². The lowest BCUT2D eigenvalue weighted by Gasteiger charge is -2.57. The third kappa shape index (κ3) is 3.38. The van der Waals surface area contributed by atoms with Crippen LogP contribution in [0.5, 0.6) is 0 Å². The molecule has 1 atom stereocenters. The second-order valence-electron chi connectivity index (χ2n) is 6.97. The van der Waals surface area contributed by atoms with Gasteiger partial charge in [0.2, 0.25) is 0 Å². The molecule has 0 spiro atoms. The Hall–Kier alpha value is 0.0300. The molecule has 0 aromatic rings. The van der Waals surface area contributed by atoms with Gasteiger partial charge in [0, 0.05) is 6.54 Å². The quantitative estimate of drug-likeness (QED) is 0.574. The van der Waals surface area contributed by atoms with Crippen LogP contribution >= 0.6 is 0 Å². The highest BCUT2D eigenvalue weighted by atomic mass is 32.2. The molecule has 1 unspecified atom stereocenters. The lowest BCUT2D eigenvalue weighted by atomic mass is 9.49. The predicted molar refractivity (Wildman–Crippen MR) is 73.0 cm³/mol. The summed E-state index contributed by atoms with van der Waals surface area (Å²) in [5.41, 5.74) is 0.566. The van der Waals surface area contributed by atoms with Gasteiger partial charge in [-0.15, -0.1) is 0 Å². The van der Waals surface area contributed by atoms with Crippen molar-refractivity contribution in [3.63, 3.8) is 0 Å². The summed E-state index contributed by atoms with van der Waals surface area (Å²) in [6, 6.07) is 0. The molecule has 1 N–H and O–H groups in total. The van der Waals surface area contributed by atoms with E-state index in [1.807, 2.05) is 0 Å². The van der Waals surface area contributed by atoms with Crippen molar-refractivity contribution in [1.82, 2.24) is 5.32 Å². The van der Waals surface area contributed by atoms with Crippen LogP contribution in [0.1, 0.15) is 44.9 Å². The Morgan fingerprint density at radius 3 is 2.26 bits per heavy atom. The first-order valence-electron chi connectivity index (χ1n) is 7.58. The van der Waals surface area contributed by atoms with Gasteiger partial charge in [-0.2, -0.15) is 0 Å². The van der Waals surface area contributed by atoms with Crippen LogP contribution in [0.3, 0.4) is 0 Å². The van der Waals surface area contributed by atoms with Crippen LogP contribution in [0.15, 0.2) is 0 Å². The van der Waals surface area contributed by atoms with Gasteiger partial charge in [-0.3, -0.25) is 0 Å². The van der Waals surface area contributed by atoms with Gasteiger partial charge >= 0.3 is 0 Å². The topological polar surface area (TPSA) is 61.4 Å². The minimum atomic E-state index is -2.36. The molecule has 0 aromatic carbocycles. The minimum absolute atomic E-state index is 0.296. The molecule has 0 heterocycles. The Labute approximate surface area is 118 Å². The zero-order chi connectivity index (χ0) is 13.3. The third-order valence-corrected chi connectivity index (χ3v) is 5.70. The van der Waals surface area contributed by atoms with E-state index in [0.29, 0.717) is 12.0 Å². The van der Waals surface area contributed by atoms with Gasteiger partial charge in [0.15, 0.2) is 0 Å². The fourth-order valence-electron chi connectivity index (χ4n) is 5.18. The summed E-state index contributed by atoms with van der Waals surface area (Å²) in [5.74, 6) is 3.00. The summed E-state index contributed by atoms with van der Waals surface area (Å²) >= 11 is -2.36. The summed E-state index contributed by atoms with van der Waals surface area (Å²) in [4.78, 5) is 0. The van der Waals surface area contributed by atoms with E-state index in [-0.39, 0.29) is 0 Å². The molecule has 4 rings (SSSR count). The molecule has 19 heavy (non-hydrogen) atoms. The van der Waals surface area contributed by atoms with Gasteiger partial charge in [-0.1, -0.05) is 0 Å². The summed E-state index contributed by atoms with van der Waals surface area (Å²) in [5, 5.41) is 3.54. The number of nitrogens with one attached hydrogen (secondary N) is 1. The fourth-order valence-corrected chi connectivity index (χ4v) is 5.44. The van der Waals surface area contributed by atoms with Crippen LogP contribution in [0, 0.1) is 23.2 Å². The van der Waals surface area contributed by atoms with E-state index in [9.17, 15) is 8.76 Å². The minimum Gasteiger partial charge on any atom is -0.750 e. The van der Waals surface area contributed by atoms with Crippen LogP contribution in [-0.4, -0.2) is 28.5 Å². The van der Waals surface area contributed by atoms with Crippen molar-refractivity contribution in [2.75, 3.05) is 19.7 Å². The maximum atomic E-state index is 10.2. The first-order valence-corrected chi connectivity index (χ1v) is 8.58. The first kappa shape index (κ1) is 14.0. The SMILES string of the molecule is O=S([O-])OCCCNCC12CC3CC(CC(C3)C1)C2. The number of rotatable bonds is 7. The molecule has 4 aliphatic carbocycles. The van der Waals surface area contributed by atoms with E-state index >= 15 is 0 Å². The normalized spacial score (nSPS) is 41.6. The lowest BCUT2D eigenvalue weighted by molar-refractivity contribution is -0.0512. The van der Waals surface area contributed by atoms with Crippen LogP contribution in [0.2, 0.25) is 0 Å². The number of hydrogen-bond donors (Lipinski definition) is 1. The van der Waals surface area contributed by atoms with Gasteiger partial charge in [-0.05, 0) is 74.7 Å². The summed E-state index contributed by atoms with van der Waals surface area (Å²) in [6.45, 7) is 2.28. The van der Waals surface area contributed by atoms with E-state index in [0.717, 1.165) is 37.3 Å². The predicted octanol–water partition coefficient (Wildman–Crippen LogP) is 1.99. The van der Waals surface area contributed by atoms with Crippen molar-refractivity contribution in [2.24, 2.45) is 23.2 Å². The van der Waals surface area contributed by atoms with Crippen LogP contribution < -0.4 is 5.32 Å². The van der Waals surface area contributed by atoms with E-state index < -0.39 is 11.4 Å². The average Bonchev–Trinajstić information content (AvgIpc) is 2.31. The highest BCUT2D eigenvalue weighted by Gasteiger charge is 2.50. The molecule has 4 aliphatic rings. The molecule has 5 heteroatoms. The van der Waals surface area contributed by atoms with E-state index in [1.54, 1.807) is 0 Å². The van der Waals surface area contributed by atoms with Crippen LogP contribution in [0.4, 0.5) is 0 Å². The van der Waals surface area contributed by atoms with Gasteiger partial charge in [-0.25, -0.2) is 4.21 Å². The Morgan fingerprint density at radius 2 is 1.74 bits per heavy atom. The van der Waals surface area contributed by atoms with Gasteiger partial charge in [0.1, 0.15) is 0 Å². The molecular weight excluding hydrogens is 262 g/mol. The maximum absolute atomic E-state index is 10.2. The molecule has 110 valence electrons. The molecule has 0 aromatic heterocycles. The average molecular weight is 286 g/mol. The fraction of sp³-hybridized carbons (Fsp3) is 1.00. The molecule has 4 bridgehead atoms. The van der Waals surface area contributed by atoms with Gasteiger partial charge in [0.25, 0.3) is 0 Å². The second kappa shape index (κ2) is 5.80. The Balaban J connectivity index is 1.39. The molecule has 0 aliphatic heterocycles. The highest BCUT2D eigenvalue weighted by Crippen LogP contribution is 2.59. The summed E-state index contributed by atoms with van der Waals surface area (Å²) < 4.78 is 25.0. The first-order chi connectivity index (χ1) is 9.15. The monoisotopic (exact) mass is 286 g/mol. The molecule has 4 fully saturated rings. The summed E-state index contributed by atoms with van der Waals surface area (Å²) in [7, 11) is 0. The molecule has 4 saturated carbocycles. The lowest BCUT2D eigenvalue weighted by Crippen LogP contribution is -2.50. The maximum Gasteiger partial charge on any atom is 0.0842 e. The van der Waals surface area contributed by atoms with Crippen molar-refractivity contribution in [3.05, 3.63) is 0 Å². The molecular formula is C14H24NO3S-. The van der Waals surface area contributed by atoms with E-state index in [2.05, 4.69) is 9.50 Å². The van der Waals surface area contributed by atoms with Crippen molar-refractivity contribution in [3.8, 4) is 0 Å². The highest BCUT2D eigenvalue weighted by molar-refractivity contribution is 7.74. The molecule has 0 radical (unpaired) electrons. The second-order valence-corrected chi connectivity index (χ2v) is 7.62. The Bertz CT molecular complexity index is 312. The van der Waals surface area contributed by atoms with Crippen molar-refractivity contribution >= 4 is 11.4 Å². The van der Waals surface area contributed by atoms with Gasteiger partial charge in [0.05, 0.1) is 18.0 Å². The van der Waals surface area contributed by atoms with Crippen LogP contribution in [-0.2, 0) is 15.5 Å². The standard InChI is InChI=1S/C14H25NO3S/c16-19(17)18-3-1-2-15-10-14-7-11-4-12(8-14)6-13(5-11)9-14/h11-13,15H,1-10H2,(H,16,17)/p-1. The summed E-state index contributed by atoms with van der Waals surface area (Å²) in [6.07, 6.45) is 9.50. The van der Waals surface area contributed by atoms with E-state index in [4.69, 9.17) is 0 Å². The van der Waals surface area contributed by atoms with Gasteiger partial charge < -0.3 is 14.1 Å². The molecule has 0 amide bonds. The van der Waals surface area contributed by atoms with Crippen molar-refractivity contribution in [1.29, 1.82) is 0 Å². The largest absolute Gasteiger partial charge is 0.750 e. The molecule has 0 saturated heterocycles. The molecule has 4 nitrogen and oxygen atoms in total. The van der Waals surface area contributed by atoms with Crippen molar-refractivity contribution < 1.29 is 12.9 Å². The van der Waals surface area contributed by atoms with Crippen LogP contribution in [0.25, 0.3) is 0 Å². The Kier molecular flexibility index (Phi) is 4.27.